The molecule has 0 saturated carbocycles. The molecule has 0 fully saturated rings. The minimum absolute atomic E-state index is 0.133. The van der Waals surface area contributed by atoms with Crippen molar-refractivity contribution in [1.82, 2.24) is 29.6 Å². The first-order valence-electron chi connectivity index (χ1n) is 8.39. The van der Waals surface area contributed by atoms with Crippen molar-refractivity contribution < 1.29 is 4.79 Å². The van der Waals surface area contributed by atoms with Gasteiger partial charge in [0.15, 0.2) is 0 Å². The van der Waals surface area contributed by atoms with Crippen molar-refractivity contribution in [2.75, 3.05) is 6.54 Å². The topological polar surface area (TPSA) is 94.7 Å². The molecule has 0 saturated heterocycles. The number of nitrogens with one attached hydrogen (secondary N) is 1. The average Bonchev–Trinajstić information content (AvgIpc) is 3.10. The van der Waals surface area contributed by atoms with Crippen molar-refractivity contribution in [3.05, 3.63) is 70.4 Å². The Kier molecular flexibility index (Phi) is 5.21. The van der Waals surface area contributed by atoms with Gasteiger partial charge in [0.2, 0.25) is 0 Å². The quantitative estimate of drug-likeness (QED) is 0.717. The molecule has 26 heavy (non-hydrogen) atoms. The number of hydrogen-bond acceptors (Lipinski definition) is 5. The van der Waals surface area contributed by atoms with Crippen molar-refractivity contribution in [3.8, 4) is 5.69 Å². The van der Waals surface area contributed by atoms with Crippen molar-refractivity contribution in [2.24, 2.45) is 0 Å². The van der Waals surface area contributed by atoms with Gasteiger partial charge in [-0.2, -0.15) is 0 Å². The number of amides is 1. The van der Waals surface area contributed by atoms with E-state index < -0.39 is 5.91 Å². The highest BCUT2D eigenvalue weighted by molar-refractivity contribution is 5.95. The highest BCUT2D eigenvalue weighted by Gasteiger charge is 2.16. The summed E-state index contributed by atoms with van der Waals surface area (Å²) in [7, 11) is 0. The summed E-state index contributed by atoms with van der Waals surface area (Å²) in [6.45, 7) is 4.89. The van der Waals surface area contributed by atoms with Gasteiger partial charge in [0, 0.05) is 31.9 Å². The number of hydrogen-bond donors (Lipinski definition) is 1. The zero-order valence-corrected chi connectivity index (χ0v) is 14.7. The molecule has 0 aromatic carbocycles. The van der Waals surface area contributed by atoms with E-state index in [4.69, 9.17) is 0 Å². The molecule has 0 atom stereocenters. The fourth-order valence-electron chi connectivity index (χ4n) is 2.72. The van der Waals surface area contributed by atoms with Crippen LogP contribution in [0.3, 0.4) is 0 Å². The van der Waals surface area contributed by atoms with E-state index in [1.165, 1.54) is 4.57 Å². The van der Waals surface area contributed by atoms with E-state index in [1.807, 2.05) is 11.5 Å². The SMILES string of the molecule is CCn1cnnc1CCNC(=O)c1c(C)ccn(-c2cccnc2)c1=O. The summed E-state index contributed by atoms with van der Waals surface area (Å²) in [4.78, 5) is 29.4. The molecule has 8 nitrogen and oxygen atoms in total. The maximum Gasteiger partial charge on any atom is 0.268 e. The first-order valence-corrected chi connectivity index (χ1v) is 8.39. The van der Waals surface area contributed by atoms with Gasteiger partial charge in [0.05, 0.1) is 11.9 Å². The molecule has 8 heteroatoms. The Labute approximate surface area is 150 Å². The maximum absolute atomic E-state index is 12.8. The van der Waals surface area contributed by atoms with E-state index in [0.29, 0.717) is 24.2 Å². The summed E-state index contributed by atoms with van der Waals surface area (Å²) in [5.74, 6) is 0.402. The predicted octanol–water partition coefficient (Wildman–Crippen LogP) is 1.12. The summed E-state index contributed by atoms with van der Waals surface area (Å²) >= 11 is 0. The third-order valence-corrected chi connectivity index (χ3v) is 4.12. The fraction of sp³-hybridized carbons (Fsp3) is 0.278. The number of aromatic nitrogens is 5. The lowest BCUT2D eigenvalue weighted by Gasteiger charge is -2.11. The molecule has 0 aliphatic rings. The minimum Gasteiger partial charge on any atom is -0.351 e. The normalized spacial score (nSPS) is 10.7. The molecule has 3 heterocycles. The van der Waals surface area contributed by atoms with Gasteiger partial charge in [0.1, 0.15) is 17.7 Å². The average molecular weight is 352 g/mol. The summed E-state index contributed by atoms with van der Waals surface area (Å²) in [6, 6.07) is 5.26. The third-order valence-electron chi connectivity index (χ3n) is 4.12. The van der Waals surface area contributed by atoms with Crippen LogP contribution < -0.4 is 10.9 Å². The molecular weight excluding hydrogens is 332 g/mol. The first kappa shape index (κ1) is 17.5. The Balaban J connectivity index is 1.78. The number of nitrogens with zero attached hydrogens (tertiary/aromatic N) is 5. The molecular formula is C18H20N6O2. The zero-order chi connectivity index (χ0) is 18.5. The van der Waals surface area contributed by atoms with Gasteiger partial charge in [-0.3, -0.25) is 19.1 Å². The van der Waals surface area contributed by atoms with Crippen LogP contribution in [0.4, 0.5) is 0 Å². The fourth-order valence-corrected chi connectivity index (χ4v) is 2.72. The van der Waals surface area contributed by atoms with E-state index in [1.54, 1.807) is 50.0 Å². The smallest absolute Gasteiger partial charge is 0.268 e. The number of rotatable bonds is 6. The molecule has 1 N–H and O–H groups in total. The van der Waals surface area contributed by atoms with Crippen LogP contribution in [0, 0.1) is 6.92 Å². The van der Waals surface area contributed by atoms with Crippen LogP contribution in [-0.4, -0.2) is 36.8 Å². The summed E-state index contributed by atoms with van der Waals surface area (Å²) in [6.07, 6.45) is 7.06. The van der Waals surface area contributed by atoms with Crippen molar-refractivity contribution in [2.45, 2.75) is 26.8 Å². The van der Waals surface area contributed by atoms with Crippen molar-refractivity contribution in [1.29, 1.82) is 0 Å². The summed E-state index contributed by atoms with van der Waals surface area (Å²) in [5.41, 5.74) is 1.01. The lowest BCUT2D eigenvalue weighted by Crippen LogP contribution is -2.34. The van der Waals surface area contributed by atoms with Gasteiger partial charge < -0.3 is 9.88 Å². The van der Waals surface area contributed by atoms with Gasteiger partial charge >= 0.3 is 0 Å². The predicted molar refractivity (Wildman–Crippen MR) is 96.3 cm³/mol. The van der Waals surface area contributed by atoms with Gasteiger partial charge in [-0.05, 0) is 37.6 Å². The Morgan fingerprint density at radius 2 is 2.15 bits per heavy atom. The molecule has 1 amide bonds. The van der Waals surface area contributed by atoms with Crippen molar-refractivity contribution >= 4 is 5.91 Å². The monoisotopic (exact) mass is 352 g/mol. The standard InChI is InChI=1S/C18H20N6O2/c1-3-23-12-21-22-15(23)6-9-20-17(25)16-13(2)7-10-24(18(16)26)14-5-4-8-19-11-14/h4-5,7-8,10-12H,3,6,9H2,1-2H3,(H,20,25). The summed E-state index contributed by atoms with van der Waals surface area (Å²) < 4.78 is 3.33. The second kappa shape index (κ2) is 7.73. The third kappa shape index (κ3) is 3.53. The number of pyridine rings is 2. The molecule has 3 rings (SSSR count). The van der Waals surface area contributed by atoms with Gasteiger partial charge in [-0.25, -0.2) is 0 Å². The molecule has 0 radical (unpaired) electrons. The van der Waals surface area contributed by atoms with Gasteiger partial charge in [-0.15, -0.1) is 10.2 Å². The van der Waals surface area contributed by atoms with Crippen LogP contribution in [0.25, 0.3) is 5.69 Å². The Hall–Kier alpha value is -3.29. The molecule has 0 aliphatic heterocycles. The Bertz CT molecular complexity index is 961. The highest BCUT2D eigenvalue weighted by atomic mass is 16.2. The second-order valence-electron chi connectivity index (χ2n) is 5.80. The van der Waals surface area contributed by atoms with Gasteiger partial charge in [-0.1, -0.05) is 0 Å². The van der Waals surface area contributed by atoms with E-state index in [0.717, 1.165) is 12.4 Å². The second-order valence-corrected chi connectivity index (χ2v) is 5.80. The Morgan fingerprint density at radius 1 is 1.31 bits per heavy atom. The van der Waals surface area contributed by atoms with Crippen molar-refractivity contribution in [3.63, 3.8) is 0 Å². The number of carbonyl (C=O) groups excluding carboxylic acids is 1. The highest BCUT2D eigenvalue weighted by Crippen LogP contribution is 2.07. The van der Waals surface area contributed by atoms with Crippen LogP contribution in [0.15, 0.2) is 47.9 Å². The number of carbonyl (C=O) groups is 1. The molecule has 3 aromatic heterocycles. The van der Waals surface area contributed by atoms with Crippen LogP contribution in [0.5, 0.6) is 0 Å². The minimum atomic E-state index is -0.395. The number of aryl methyl sites for hydroxylation is 2. The van der Waals surface area contributed by atoms with Crippen LogP contribution in [0.2, 0.25) is 0 Å². The van der Waals surface area contributed by atoms with Crippen LogP contribution in [0.1, 0.15) is 28.7 Å². The Morgan fingerprint density at radius 3 is 2.88 bits per heavy atom. The lowest BCUT2D eigenvalue weighted by molar-refractivity contribution is 0.0951. The molecule has 0 bridgehead atoms. The van der Waals surface area contributed by atoms with E-state index >= 15 is 0 Å². The molecule has 0 aliphatic carbocycles. The maximum atomic E-state index is 12.8. The first-order chi connectivity index (χ1) is 12.6. The molecule has 0 spiro atoms. The zero-order valence-electron chi connectivity index (χ0n) is 14.7. The molecule has 134 valence electrons. The van der Waals surface area contributed by atoms with E-state index in [2.05, 4.69) is 20.5 Å². The van der Waals surface area contributed by atoms with Crippen LogP contribution >= 0.6 is 0 Å². The summed E-state index contributed by atoms with van der Waals surface area (Å²) in [5, 5.41) is 10.7. The largest absolute Gasteiger partial charge is 0.351 e. The van der Waals surface area contributed by atoms with Crippen LogP contribution in [-0.2, 0) is 13.0 Å². The van der Waals surface area contributed by atoms with E-state index in [-0.39, 0.29) is 11.1 Å². The molecule has 3 aromatic rings. The van der Waals surface area contributed by atoms with Gasteiger partial charge in [0.25, 0.3) is 11.5 Å². The van der Waals surface area contributed by atoms with E-state index in [9.17, 15) is 9.59 Å². The lowest BCUT2D eigenvalue weighted by atomic mass is 10.1. The molecule has 0 unspecified atom stereocenters.